The van der Waals surface area contributed by atoms with Crippen molar-refractivity contribution in [3.05, 3.63) is 65.0 Å². The maximum absolute atomic E-state index is 12.6. The molecule has 0 bridgehead atoms. The lowest BCUT2D eigenvalue weighted by molar-refractivity contribution is -0.113. The van der Waals surface area contributed by atoms with Gasteiger partial charge in [0, 0.05) is 23.9 Å². The van der Waals surface area contributed by atoms with Crippen LogP contribution in [0.2, 0.25) is 0 Å². The summed E-state index contributed by atoms with van der Waals surface area (Å²) in [6.45, 7) is 1.77. The molecule has 1 aromatic carbocycles. The second-order valence-electron chi connectivity index (χ2n) is 5.09. The molecule has 0 atom stereocenters. The van der Waals surface area contributed by atoms with Gasteiger partial charge in [-0.25, -0.2) is 9.97 Å². The van der Waals surface area contributed by atoms with Crippen molar-refractivity contribution < 1.29 is 14.4 Å². The standard InChI is InChI=1S/C18H18N4O3/c1-2-15-14(16(24)12-6-4-3-5-7-12)11-20-18(21-15)22-17(25)13(10-19)8-9-23/h3-9,11H,2,10,19H2,1H3,(H,20,21,22,25)/b13-8-. The Labute approximate surface area is 145 Å². The fourth-order valence-electron chi connectivity index (χ4n) is 2.18. The van der Waals surface area contributed by atoms with Gasteiger partial charge in [-0.05, 0) is 12.5 Å². The van der Waals surface area contributed by atoms with Crippen molar-refractivity contribution in [1.29, 1.82) is 0 Å². The number of carbonyl (C=O) groups is 3. The summed E-state index contributed by atoms with van der Waals surface area (Å²) < 4.78 is 0. The van der Waals surface area contributed by atoms with Gasteiger partial charge in [-0.3, -0.25) is 19.7 Å². The van der Waals surface area contributed by atoms with E-state index in [0.717, 1.165) is 6.08 Å². The molecule has 7 nitrogen and oxygen atoms in total. The van der Waals surface area contributed by atoms with E-state index in [9.17, 15) is 14.4 Å². The van der Waals surface area contributed by atoms with E-state index in [2.05, 4.69) is 15.3 Å². The maximum Gasteiger partial charge on any atom is 0.255 e. The third-order valence-electron chi connectivity index (χ3n) is 3.49. The van der Waals surface area contributed by atoms with Gasteiger partial charge in [0.05, 0.1) is 11.3 Å². The lowest BCUT2D eigenvalue weighted by Gasteiger charge is -2.09. The number of hydrogen-bond acceptors (Lipinski definition) is 6. The molecular formula is C18H18N4O3. The Morgan fingerprint density at radius 2 is 1.96 bits per heavy atom. The van der Waals surface area contributed by atoms with Crippen LogP contribution in [-0.2, 0) is 16.0 Å². The van der Waals surface area contributed by atoms with Crippen molar-refractivity contribution in [2.24, 2.45) is 5.73 Å². The molecule has 1 heterocycles. The summed E-state index contributed by atoms with van der Waals surface area (Å²) >= 11 is 0. The summed E-state index contributed by atoms with van der Waals surface area (Å²) in [5.41, 5.74) is 6.98. The van der Waals surface area contributed by atoms with Crippen molar-refractivity contribution in [2.45, 2.75) is 13.3 Å². The van der Waals surface area contributed by atoms with Gasteiger partial charge in [0.15, 0.2) is 5.78 Å². The summed E-state index contributed by atoms with van der Waals surface area (Å²) in [6.07, 6.45) is 3.46. The van der Waals surface area contributed by atoms with E-state index in [1.165, 1.54) is 6.20 Å². The van der Waals surface area contributed by atoms with E-state index in [-0.39, 0.29) is 23.8 Å². The molecule has 0 saturated carbocycles. The molecule has 1 amide bonds. The minimum atomic E-state index is -0.557. The average molecular weight is 338 g/mol. The highest BCUT2D eigenvalue weighted by Gasteiger charge is 2.16. The third kappa shape index (κ3) is 4.42. The molecule has 128 valence electrons. The first-order valence-electron chi connectivity index (χ1n) is 7.72. The fraction of sp³-hybridized carbons (Fsp3) is 0.167. The number of allylic oxidation sites excluding steroid dienone is 1. The van der Waals surface area contributed by atoms with Gasteiger partial charge >= 0.3 is 0 Å². The molecular weight excluding hydrogens is 320 g/mol. The Balaban J connectivity index is 2.28. The van der Waals surface area contributed by atoms with E-state index < -0.39 is 5.91 Å². The smallest absolute Gasteiger partial charge is 0.255 e. The summed E-state index contributed by atoms with van der Waals surface area (Å²) in [7, 11) is 0. The molecule has 0 aliphatic carbocycles. The van der Waals surface area contributed by atoms with E-state index in [4.69, 9.17) is 5.73 Å². The average Bonchev–Trinajstić information content (AvgIpc) is 2.66. The van der Waals surface area contributed by atoms with Gasteiger partial charge < -0.3 is 5.73 Å². The molecule has 25 heavy (non-hydrogen) atoms. The lowest BCUT2D eigenvalue weighted by Crippen LogP contribution is -2.22. The van der Waals surface area contributed by atoms with Crippen molar-refractivity contribution in [2.75, 3.05) is 11.9 Å². The molecule has 0 radical (unpaired) electrons. The van der Waals surface area contributed by atoms with Crippen LogP contribution >= 0.6 is 0 Å². The molecule has 0 aliphatic heterocycles. The first-order chi connectivity index (χ1) is 12.1. The number of anilines is 1. The third-order valence-corrected chi connectivity index (χ3v) is 3.49. The Hall–Kier alpha value is -3.19. The van der Waals surface area contributed by atoms with E-state index in [1.807, 2.05) is 13.0 Å². The number of nitrogens with zero attached hydrogens (tertiary/aromatic N) is 2. The molecule has 0 aliphatic rings. The Morgan fingerprint density at radius 3 is 2.56 bits per heavy atom. The zero-order chi connectivity index (χ0) is 18.2. The van der Waals surface area contributed by atoms with Gasteiger partial charge in [0.25, 0.3) is 5.91 Å². The zero-order valence-electron chi connectivity index (χ0n) is 13.7. The number of benzene rings is 1. The topological polar surface area (TPSA) is 115 Å². The van der Waals surface area contributed by atoms with Crippen LogP contribution in [0.3, 0.4) is 0 Å². The predicted molar refractivity (Wildman–Crippen MR) is 93.1 cm³/mol. The summed E-state index contributed by atoms with van der Waals surface area (Å²) in [6, 6.07) is 8.82. The summed E-state index contributed by atoms with van der Waals surface area (Å²) in [5.74, 6) is -0.686. The quantitative estimate of drug-likeness (QED) is 0.446. The van der Waals surface area contributed by atoms with Gasteiger partial charge in [-0.2, -0.15) is 0 Å². The van der Waals surface area contributed by atoms with Crippen LogP contribution in [0.25, 0.3) is 0 Å². The number of nitrogens with two attached hydrogens (primary N) is 1. The van der Waals surface area contributed by atoms with E-state index in [1.54, 1.807) is 24.3 Å². The van der Waals surface area contributed by atoms with Gasteiger partial charge in [0.1, 0.15) is 6.29 Å². The Kier molecular flexibility index (Phi) is 6.25. The molecule has 0 unspecified atom stereocenters. The summed E-state index contributed by atoms with van der Waals surface area (Å²) in [4.78, 5) is 43.3. The van der Waals surface area contributed by atoms with Crippen molar-refractivity contribution in [3.8, 4) is 0 Å². The summed E-state index contributed by atoms with van der Waals surface area (Å²) in [5, 5.41) is 2.48. The van der Waals surface area contributed by atoms with Crippen LogP contribution < -0.4 is 11.1 Å². The van der Waals surface area contributed by atoms with Crippen LogP contribution in [-0.4, -0.2) is 34.5 Å². The molecule has 2 rings (SSSR count). The van der Waals surface area contributed by atoms with Crippen LogP contribution in [0.15, 0.2) is 48.2 Å². The first kappa shape index (κ1) is 18.2. The largest absolute Gasteiger partial charge is 0.326 e. The Morgan fingerprint density at radius 1 is 1.24 bits per heavy atom. The van der Waals surface area contributed by atoms with Crippen LogP contribution in [0.5, 0.6) is 0 Å². The first-order valence-corrected chi connectivity index (χ1v) is 7.72. The minimum Gasteiger partial charge on any atom is -0.326 e. The molecule has 0 spiro atoms. The van der Waals surface area contributed by atoms with E-state index in [0.29, 0.717) is 29.5 Å². The van der Waals surface area contributed by atoms with Gasteiger partial charge in [-0.1, -0.05) is 37.3 Å². The highest BCUT2D eigenvalue weighted by atomic mass is 16.2. The number of aryl methyl sites for hydroxylation is 1. The molecule has 1 aromatic heterocycles. The number of rotatable bonds is 7. The number of nitrogens with one attached hydrogen (secondary N) is 1. The zero-order valence-corrected chi connectivity index (χ0v) is 13.7. The monoisotopic (exact) mass is 338 g/mol. The van der Waals surface area contributed by atoms with Crippen molar-refractivity contribution in [1.82, 2.24) is 9.97 Å². The van der Waals surface area contributed by atoms with E-state index >= 15 is 0 Å². The molecule has 3 N–H and O–H groups in total. The number of aromatic nitrogens is 2. The molecule has 2 aromatic rings. The van der Waals surface area contributed by atoms with Crippen LogP contribution in [0, 0.1) is 0 Å². The van der Waals surface area contributed by atoms with Crippen molar-refractivity contribution >= 4 is 23.9 Å². The molecule has 0 fully saturated rings. The highest BCUT2D eigenvalue weighted by Crippen LogP contribution is 2.15. The second kappa shape index (κ2) is 8.60. The van der Waals surface area contributed by atoms with Gasteiger partial charge in [-0.15, -0.1) is 0 Å². The number of ketones is 1. The van der Waals surface area contributed by atoms with Gasteiger partial charge in [0.2, 0.25) is 5.95 Å². The number of carbonyl (C=O) groups excluding carboxylic acids is 3. The predicted octanol–water partition coefficient (Wildman–Crippen LogP) is 1.29. The lowest BCUT2D eigenvalue weighted by atomic mass is 10.0. The van der Waals surface area contributed by atoms with Crippen LogP contribution in [0.1, 0.15) is 28.5 Å². The SMILES string of the molecule is CCc1nc(NC(=O)/C(=C\C=O)CN)ncc1C(=O)c1ccccc1. The molecule has 7 heteroatoms. The highest BCUT2D eigenvalue weighted by molar-refractivity contribution is 6.09. The molecule has 0 saturated heterocycles. The second-order valence-corrected chi connectivity index (χ2v) is 5.09. The number of aldehydes is 1. The van der Waals surface area contributed by atoms with Crippen LogP contribution in [0.4, 0.5) is 5.95 Å². The Bertz CT molecular complexity index is 816. The maximum atomic E-state index is 12.6. The minimum absolute atomic E-state index is 0.0525. The van der Waals surface area contributed by atoms with Crippen molar-refractivity contribution in [3.63, 3.8) is 0 Å². The normalized spacial score (nSPS) is 11.0. The number of amides is 1. The number of hydrogen-bond donors (Lipinski definition) is 2. The fourth-order valence-corrected chi connectivity index (χ4v) is 2.18.